The third-order valence-corrected chi connectivity index (χ3v) is 3.48. The standard InChI is InChI=1S/C15H21N3O4/c1-11-3-6-13(18(20)21)9-14(11)17-15(19)16-7-2-8-22-10-12-4-5-12/h3,6,9,12H,2,4-5,7-8,10H2,1H3,(H2,16,17,19). The van der Waals surface area contributed by atoms with Crippen LogP contribution in [0.3, 0.4) is 0 Å². The van der Waals surface area contributed by atoms with Crippen LogP contribution in [0.1, 0.15) is 24.8 Å². The average molecular weight is 307 g/mol. The summed E-state index contributed by atoms with van der Waals surface area (Å²) < 4.78 is 5.47. The highest BCUT2D eigenvalue weighted by Crippen LogP contribution is 2.28. The molecule has 0 radical (unpaired) electrons. The predicted molar refractivity (Wildman–Crippen MR) is 83.0 cm³/mol. The lowest BCUT2D eigenvalue weighted by atomic mass is 10.2. The minimum atomic E-state index is -0.486. The zero-order valence-corrected chi connectivity index (χ0v) is 12.6. The molecule has 0 unspecified atom stereocenters. The number of hydrogen-bond acceptors (Lipinski definition) is 4. The van der Waals surface area contributed by atoms with Crippen molar-refractivity contribution in [3.05, 3.63) is 33.9 Å². The van der Waals surface area contributed by atoms with Gasteiger partial charge in [-0.3, -0.25) is 10.1 Å². The number of amides is 2. The third kappa shape index (κ3) is 5.33. The summed E-state index contributed by atoms with van der Waals surface area (Å²) in [7, 11) is 0. The maximum absolute atomic E-state index is 11.8. The molecule has 1 saturated carbocycles. The van der Waals surface area contributed by atoms with Crippen molar-refractivity contribution in [2.75, 3.05) is 25.1 Å². The van der Waals surface area contributed by atoms with Crippen LogP contribution in [0.5, 0.6) is 0 Å². The van der Waals surface area contributed by atoms with E-state index < -0.39 is 4.92 Å². The van der Waals surface area contributed by atoms with Crippen LogP contribution >= 0.6 is 0 Å². The lowest BCUT2D eigenvalue weighted by molar-refractivity contribution is -0.384. The Balaban J connectivity index is 1.69. The van der Waals surface area contributed by atoms with Crippen LogP contribution in [0, 0.1) is 23.0 Å². The van der Waals surface area contributed by atoms with Gasteiger partial charge in [-0.05, 0) is 37.7 Å². The van der Waals surface area contributed by atoms with Crippen LogP contribution < -0.4 is 10.6 Å². The summed E-state index contributed by atoms with van der Waals surface area (Å²) in [5.74, 6) is 0.744. The Labute approximate surface area is 129 Å². The summed E-state index contributed by atoms with van der Waals surface area (Å²) in [6, 6.07) is 4.01. The SMILES string of the molecule is Cc1ccc([N+](=O)[O-])cc1NC(=O)NCCCOCC1CC1. The first-order valence-corrected chi connectivity index (χ1v) is 7.44. The van der Waals surface area contributed by atoms with Gasteiger partial charge < -0.3 is 15.4 Å². The highest BCUT2D eigenvalue weighted by Gasteiger charge is 2.20. The van der Waals surface area contributed by atoms with E-state index in [1.54, 1.807) is 13.0 Å². The summed E-state index contributed by atoms with van der Waals surface area (Å²) in [5, 5.41) is 16.1. The lowest BCUT2D eigenvalue weighted by Gasteiger charge is -2.10. The van der Waals surface area contributed by atoms with Crippen molar-refractivity contribution in [2.45, 2.75) is 26.2 Å². The van der Waals surface area contributed by atoms with Crippen molar-refractivity contribution >= 4 is 17.4 Å². The van der Waals surface area contributed by atoms with Crippen molar-refractivity contribution in [2.24, 2.45) is 5.92 Å². The number of nitrogens with one attached hydrogen (secondary N) is 2. The minimum Gasteiger partial charge on any atom is -0.381 e. The molecule has 2 amide bonds. The van der Waals surface area contributed by atoms with Crippen molar-refractivity contribution in [3.63, 3.8) is 0 Å². The van der Waals surface area contributed by atoms with Crippen molar-refractivity contribution < 1.29 is 14.5 Å². The van der Waals surface area contributed by atoms with Crippen LogP contribution in [0.2, 0.25) is 0 Å². The normalized spacial score (nSPS) is 13.7. The Kier molecular flexibility index (Phi) is 5.71. The molecule has 1 aliphatic carbocycles. The van der Waals surface area contributed by atoms with Crippen LogP contribution in [0.4, 0.5) is 16.2 Å². The molecule has 0 atom stereocenters. The maximum Gasteiger partial charge on any atom is 0.319 e. The molecule has 2 N–H and O–H groups in total. The van der Waals surface area contributed by atoms with Crippen LogP contribution in [0.25, 0.3) is 0 Å². The molecule has 0 aromatic heterocycles. The molecule has 1 fully saturated rings. The number of urea groups is 1. The molecule has 120 valence electrons. The van der Waals surface area contributed by atoms with Gasteiger partial charge in [-0.25, -0.2) is 4.79 Å². The van der Waals surface area contributed by atoms with Gasteiger partial charge in [0.1, 0.15) is 0 Å². The molecule has 0 spiro atoms. The Hall–Kier alpha value is -2.15. The van der Waals surface area contributed by atoms with E-state index >= 15 is 0 Å². The summed E-state index contributed by atoms with van der Waals surface area (Å²) in [6.07, 6.45) is 3.28. The highest BCUT2D eigenvalue weighted by molar-refractivity contribution is 5.90. The van der Waals surface area contributed by atoms with Gasteiger partial charge in [0, 0.05) is 31.9 Å². The molecule has 7 heteroatoms. The second-order valence-electron chi connectivity index (χ2n) is 5.51. The van der Waals surface area contributed by atoms with E-state index in [1.165, 1.54) is 25.0 Å². The molecule has 2 rings (SSSR count). The average Bonchev–Trinajstić information content (AvgIpc) is 3.29. The Morgan fingerprint density at radius 3 is 2.91 bits per heavy atom. The van der Waals surface area contributed by atoms with Crippen LogP contribution in [-0.4, -0.2) is 30.7 Å². The van der Waals surface area contributed by atoms with Gasteiger partial charge in [0.25, 0.3) is 5.69 Å². The zero-order valence-electron chi connectivity index (χ0n) is 12.6. The smallest absolute Gasteiger partial charge is 0.319 e. The monoisotopic (exact) mass is 307 g/mol. The van der Waals surface area contributed by atoms with Gasteiger partial charge in [0.05, 0.1) is 10.6 Å². The summed E-state index contributed by atoms with van der Waals surface area (Å²) >= 11 is 0. The molecular weight excluding hydrogens is 286 g/mol. The molecule has 1 aromatic rings. The van der Waals surface area contributed by atoms with Crippen molar-refractivity contribution in [1.82, 2.24) is 5.32 Å². The largest absolute Gasteiger partial charge is 0.381 e. The molecule has 0 heterocycles. The highest BCUT2D eigenvalue weighted by atomic mass is 16.6. The van der Waals surface area contributed by atoms with Crippen LogP contribution in [-0.2, 0) is 4.74 Å². The number of hydrogen-bond donors (Lipinski definition) is 2. The van der Waals surface area contributed by atoms with Crippen molar-refractivity contribution in [1.29, 1.82) is 0 Å². The van der Waals surface area contributed by atoms with Gasteiger partial charge in [-0.15, -0.1) is 0 Å². The van der Waals surface area contributed by atoms with E-state index in [2.05, 4.69) is 10.6 Å². The van der Waals surface area contributed by atoms with Gasteiger partial charge in [0.2, 0.25) is 0 Å². The first kappa shape index (κ1) is 16.2. The molecule has 1 aliphatic rings. The summed E-state index contributed by atoms with van der Waals surface area (Å²) in [4.78, 5) is 22.0. The second-order valence-corrected chi connectivity index (χ2v) is 5.51. The van der Waals surface area contributed by atoms with E-state index in [0.717, 1.165) is 24.5 Å². The number of nitro benzene ring substituents is 1. The fraction of sp³-hybridized carbons (Fsp3) is 0.533. The Morgan fingerprint density at radius 2 is 2.23 bits per heavy atom. The number of benzene rings is 1. The second kappa shape index (κ2) is 7.74. The number of carbonyl (C=O) groups is 1. The predicted octanol–water partition coefficient (Wildman–Crippen LogP) is 2.84. The molecular formula is C15H21N3O4. The molecule has 0 aliphatic heterocycles. The molecule has 7 nitrogen and oxygen atoms in total. The Morgan fingerprint density at radius 1 is 1.45 bits per heavy atom. The number of nitrogens with zero attached hydrogens (tertiary/aromatic N) is 1. The third-order valence-electron chi connectivity index (χ3n) is 3.48. The number of carbonyl (C=O) groups excluding carboxylic acids is 1. The lowest BCUT2D eigenvalue weighted by Crippen LogP contribution is -2.30. The first-order valence-electron chi connectivity index (χ1n) is 7.44. The van der Waals surface area contributed by atoms with Crippen molar-refractivity contribution in [3.8, 4) is 0 Å². The fourth-order valence-corrected chi connectivity index (χ4v) is 1.94. The van der Waals surface area contributed by atoms with E-state index in [9.17, 15) is 14.9 Å². The maximum atomic E-state index is 11.8. The van der Waals surface area contributed by atoms with Gasteiger partial charge >= 0.3 is 6.03 Å². The van der Waals surface area contributed by atoms with Gasteiger partial charge in [-0.2, -0.15) is 0 Å². The molecule has 0 bridgehead atoms. The van der Waals surface area contributed by atoms with E-state index in [-0.39, 0.29) is 11.7 Å². The first-order chi connectivity index (χ1) is 10.6. The van der Waals surface area contributed by atoms with Gasteiger partial charge in [-0.1, -0.05) is 6.07 Å². The van der Waals surface area contributed by atoms with Gasteiger partial charge in [0.15, 0.2) is 0 Å². The molecule has 1 aromatic carbocycles. The summed E-state index contributed by atoms with van der Waals surface area (Å²) in [5.41, 5.74) is 1.17. The van der Waals surface area contributed by atoms with E-state index in [1.807, 2.05) is 0 Å². The molecule has 0 saturated heterocycles. The zero-order chi connectivity index (χ0) is 15.9. The number of aryl methyl sites for hydroxylation is 1. The number of ether oxygens (including phenoxy) is 1. The van der Waals surface area contributed by atoms with Crippen LogP contribution in [0.15, 0.2) is 18.2 Å². The fourth-order valence-electron chi connectivity index (χ4n) is 1.94. The number of rotatable bonds is 8. The van der Waals surface area contributed by atoms with E-state index in [0.29, 0.717) is 18.8 Å². The quantitative estimate of drug-likeness (QED) is 0.439. The van der Waals surface area contributed by atoms with E-state index in [4.69, 9.17) is 4.74 Å². The minimum absolute atomic E-state index is 0.0469. The summed E-state index contributed by atoms with van der Waals surface area (Å²) in [6.45, 7) is 3.74. The number of non-ortho nitro benzene ring substituents is 1. The molecule has 22 heavy (non-hydrogen) atoms. The number of anilines is 1. The topological polar surface area (TPSA) is 93.5 Å². The Bertz CT molecular complexity index is 544. The number of nitro groups is 1.